The monoisotopic (exact) mass is 382 g/mol. The molecule has 0 aliphatic carbocycles. The Morgan fingerprint density at radius 2 is 2.15 bits per heavy atom. The summed E-state index contributed by atoms with van der Waals surface area (Å²) in [6.07, 6.45) is 1.75. The first-order valence-corrected chi connectivity index (χ1v) is 9.29. The Morgan fingerprint density at radius 3 is 2.92 bits per heavy atom. The molecule has 0 fully saturated rings. The fourth-order valence-electron chi connectivity index (χ4n) is 2.93. The topological polar surface area (TPSA) is 59.8 Å². The number of rotatable bonds is 4. The molecule has 0 aliphatic heterocycles. The summed E-state index contributed by atoms with van der Waals surface area (Å²) in [6, 6.07) is 13.1. The Kier molecular flexibility index (Phi) is 4.44. The van der Waals surface area contributed by atoms with Gasteiger partial charge in [-0.3, -0.25) is 4.79 Å². The van der Waals surface area contributed by atoms with Crippen LogP contribution in [0.1, 0.15) is 5.69 Å². The molecule has 0 radical (unpaired) electrons. The molecule has 5 nitrogen and oxygen atoms in total. The van der Waals surface area contributed by atoms with Crippen LogP contribution in [0.25, 0.3) is 21.5 Å². The van der Waals surface area contributed by atoms with Crippen LogP contribution >= 0.6 is 22.9 Å². The molecule has 0 unspecified atom stereocenters. The molecule has 1 aromatic carbocycles. The lowest BCUT2D eigenvalue weighted by molar-refractivity contribution is -0.116. The van der Waals surface area contributed by atoms with Crippen molar-refractivity contribution in [3.05, 3.63) is 64.8 Å². The molecule has 7 heteroatoms. The van der Waals surface area contributed by atoms with Crippen LogP contribution in [0, 0.1) is 6.92 Å². The fourth-order valence-corrected chi connectivity index (χ4v) is 3.88. The van der Waals surface area contributed by atoms with E-state index in [2.05, 4.69) is 21.5 Å². The number of benzene rings is 1. The van der Waals surface area contributed by atoms with Gasteiger partial charge < -0.3 is 5.32 Å². The number of amides is 1. The molecular formula is C19H15ClN4OS. The minimum absolute atomic E-state index is 0.0811. The summed E-state index contributed by atoms with van der Waals surface area (Å²) in [5.74, 6) is -0.181. The van der Waals surface area contributed by atoms with Gasteiger partial charge in [-0.1, -0.05) is 23.7 Å². The van der Waals surface area contributed by atoms with Gasteiger partial charge in [-0.15, -0.1) is 11.3 Å². The van der Waals surface area contributed by atoms with Gasteiger partial charge in [-0.25, -0.2) is 9.67 Å². The molecule has 0 bridgehead atoms. The molecule has 1 N–H and O–H groups in total. The summed E-state index contributed by atoms with van der Waals surface area (Å²) in [6.45, 7) is 2.02. The first kappa shape index (κ1) is 16.8. The van der Waals surface area contributed by atoms with E-state index in [0.29, 0.717) is 16.4 Å². The molecule has 1 amide bonds. The standard InChI is InChI=1S/C19H15ClN4OS/c1-12-18-15(16-6-3-9-26-16)7-8-21-19(18)24(23-12)11-17(25)22-14-5-2-4-13(20)10-14/h2-10H,11H2,1H3,(H,22,25). The number of aryl methyl sites for hydroxylation is 1. The van der Waals surface area contributed by atoms with E-state index in [0.717, 1.165) is 21.5 Å². The van der Waals surface area contributed by atoms with Crippen molar-refractivity contribution in [3.8, 4) is 10.4 Å². The second kappa shape index (κ2) is 6.90. The number of fused-ring (bicyclic) bond motifs is 1. The number of nitrogens with one attached hydrogen (secondary N) is 1. The van der Waals surface area contributed by atoms with Crippen LogP contribution < -0.4 is 5.32 Å². The molecule has 4 aromatic rings. The second-order valence-corrected chi connectivity index (χ2v) is 7.22. The molecule has 0 saturated heterocycles. The van der Waals surface area contributed by atoms with E-state index < -0.39 is 0 Å². The summed E-state index contributed by atoms with van der Waals surface area (Å²) < 4.78 is 1.64. The third kappa shape index (κ3) is 3.21. The second-order valence-electron chi connectivity index (χ2n) is 5.84. The van der Waals surface area contributed by atoms with Crippen molar-refractivity contribution in [2.75, 3.05) is 5.32 Å². The molecule has 0 spiro atoms. The highest BCUT2D eigenvalue weighted by Crippen LogP contribution is 2.32. The highest BCUT2D eigenvalue weighted by molar-refractivity contribution is 7.13. The Balaban J connectivity index is 1.65. The normalized spacial score (nSPS) is 11.0. The maximum Gasteiger partial charge on any atom is 0.246 e. The van der Waals surface area contributed by atoms with E-state index in [9.17, 15) is 4.79 Å². The minimum Gasteiger partial charge on any atom is -0.324 e. The van der Waals surface area contributed by atoms with Gasteiger partial charge in [0.25, 0.3) is 0 Å². The third-order valence-corrected chi connectivity index (χ3v) is 5.13. The van der Waals surface area contributed by atoms with Crippen LogP contribution in [0.4, 0.5) is 5.69 Å². The predicted octanol–water partition coefficient (Wildman–Crippen LogP) is 4.76. The zero-order valence-electron chi connectivity index (χ0n) is 13.9. The number of anilines is 1. The van der Waals surface area contributed by atoms with Crippen molar-refractivity contribution in [2.24, 2.45) is 0 Å². The first-order valence-electron chi connectivity index (χ1n) is 8.03. The van der Waals surface area contributed by atoms with Gasteiger partial charge in [0.05, 0.1) is 11.1 Å². The van der Waals surface area contributed by atoms with Crippen molar-refractivity contribution in [1.82, 2.24) is 14.8 Å². The Morgan fingerprint density at radius 1 is 1.27 bits per heavy atom. The van der Waals surface area contributed by atoms with Gasteiger partial charge >= 0.3 is 0 Å². The molecule has 3 heterocycles. The number of pyridine rings is 1. The maximum absolute atomic E-state index is 12.4. The lowest BCUT2D eigenvalue weighted by Crippen LogP contribution is -2.19. The molecule has 3 aromatic heterocycles. The van der Waals surface area contributed by atoms with Crippen molar-refractivity contribution >= 4 is 45.6 Å². The number of thiophene rings is 1. The average Bonchev–Trinajstić information content (AvgIpc) is 3.24. The van der Waals surface area contributed by atoms with Crippen LogP contribution in [0.15, 0.2) is 54.0 Å². The van der Waals surface area contributed by atoms with E-state index in [1.54, 1.807) is 46.5 Å². The zero-order chi connectivity index (χ0) is 18.1. The Bertz CT molecular complexity index is 1090. The fraction of sp³-hybridized carbons (Fsp3) is 0.105. The SMILES string of the molecule is Cc1nn(CC(=O)Nc2cccc(Cl)c2)c2nccc(-c3cccs3)c12. The minimum atomic E-state index is -0.181. The molecule has 26 heavy (non-hydrogen) atoms. The van der Waals surface area contributed by atoms with E-state index in [4.69, 9.17) is 11.6 Å². The number of carbonyl (C=O) groups is 1. The lowest BCUT2D eigenvalue weighted by Gasteiger charge is -2.06. The molecule has 0 atom stereocenters. The summed E-state index contributed by atoms with van der Waals surface area (Å²) >= 11 is 7.63. The molecule has 0 saturated carbocycles. The number of halogens is 1. The van der Waals surface area contributed by atoms with Crippen molar-refractivity contribution < 1.29 is 4.79 Å². The van der Waals surface area contributed by atoms with Gasteiger partial charge in [0.1, 0.15) is 6.54 Å². The number of aromatic nitrogens is 3. The van der Waals surface area contributed by atoms with Crippen LogP contribution in [-0.4, -0.2) is 20.7 Å². The Hall–Kier alpha value is -2.70. The van der Waals surface area contributed by atoms with E-state index in [1.165, 1.54) is 0 Å². The highest BCUT2D eigenvalue weighted by Gasteiger charge is 2.16. The first-order chi connectivity index (χ1) is 12.6. The van der Waals surface area contributed by atoms with Crippen LogP contribution in [0.5, 0.6) is 0 Å². The highest BCUT2D eigenvalue weighted by atomic mass is 35.5. The summed E-state index contributed by atoms with van der Waals surface area (Å²) in [5.41, 5.74) is 3.30. The zero-order valence-corrected chi connectivity index (χ0v) is 15.5. The van der Waals surface area contributed by atoms with E-state index in [-0.39, 0.29) is 12.5 Å². The third-order valence-electron chi connectivity index (χ3n) is 4.00. The molecule has 130 valence electrons. The molecule has 4 rings (SSSR count). The van der Waals surface area contributed by atoms with Crippen molar-refractivity contribution in [1.29, 1.82) is 0 Å². The average molecular weight is 383 g/mol. The van der Waals surface area contributed by atoms with Crippen molar-refractivity contribution in [3.63, 3.8) is 0 Å². The predicted molar refractivity (Wildman–Crippen MR) is 106 cm³/mol. The smallest absolute Gasteiger partial charge is 0.246 e. The quantitative estimate of drug-likeness (QED) is 0.553. The van der Waals surface area contributed by atoms with Crippen LogP contribution in [0.3, 0.4) is 0 Å². The van der Waals surface area contributed by atoms with Crippen molar-refractivity contribution in [2.45, 2.75) is 13.5 Å². The largest absolute Gasteiger partial charge is 0.324 e. The summed E-state index contributed by atoms with van der Waals surface area (Å²) in [7, 11) is 0. The van der Waals surface area contributed by atoms with Gasteiger partial charge in [-0.05, 0) is 42.6 Å². The summed E-state index contributed by atoms with van der Waals surface area (Å²) in [5, 5.41) is 11.0. The number of carbonyl (C=O) groups excluding carboxylic acids is 1. The number of hydrogen-bond acceptors (Lipinski definition) is 4. The van der Waals surface area contributed by atoms with Gasteiger partial charge in [0.2, 0.25) is 5.91 Å². The van der Waals surface area contributed by atoms with E-state index >= 15 is 0 Å². The number of nitrogens with zero attached hydrogens (tertiary/aromatic N) is 3. The van der Waals surface area contributed by atoms with Gasteiger partial charge in [0.15, 0.2) is 5.65 Å². The number of hydrogen-bond donors (Lipinski definition) is 1. The molecular weight excluding hydrogens is 368 g/mol. The Labute approximate surface area is 159 Å². The van der Waals surface area contributed by atoms with Gasteiger partial charge in [-0.2, -0.15) is 5.10 Å². The van der Waals surface area contributed by atoms with E-state index in [1.807, 2.05) is 24.4 Å². The lowest BCUT2D eigenvalue weighted by atomic mass is 10.1. The van der Waals surface area contributed by atoms with Crippen LogP contribution in [0.2, 0.25) is 5.02 Å². The summed E-state index contributed by atoms with van der Waals surface area (Å²) in [4.78, 5) is 18.0. The van der Waals surface area contributed by atoms with Crippen LogP contribution in [-0.2, 0) is 11.3 Å². The molecule has 0 aliphatic rings. The van der Waals surface area contributed by atoms with Gasteiger partial charge in [0, 0.05) is 27.3 Å². The maximum atomic E-state index is 12.4.